The van der Waals surface area contributed by atoms with Gasteiger partial charge >= 0.3 is 5.69 Å². The molecule has 0 unspecified atom stereocenters. The number of aromatic nitrogens is 2. The summed E-state index contributed by atoms with van der Waals surface area (Å²) in [5.74, 6) is -0.328. The number of nitrogens with zero attached hydrogens (tertiary/aromatic N) is 2. The van der Waals surface area contributed by atoms with Crippen LogP contribution >= 0.6 is 0 Å². The summed E-state index contributed by atoms with van der Waals surface area (Å²) in [7, 11) is 0. The van der Waals surface area contributed by atoms with Crippen molar-refractivity contribution >= 4 is 17.4 Å². The Morgan fingerprint density at radius 1 is 1.28 bits per heavy atom. The number of hydrogen-bond acceptors (Lipinski definition) is 6. The summed E-state index contributed by atoms with van der Waals surface area (Å²) in [5, 5.41) is 0. The number of nitrogen functional groups attached to an aromatic ring is 1. The van der Waals surface area contributed by atoms with E-state index in [9.17, 15) is 18.8 Å². The van der Waals surface area contributed by atoms with Crippen molar-refractivity contribution in [2.75, 3.05) is 17.2 Å². The number of furan rings is 1. The van der Waals surface area contributed by atoms with Gasteiger partial charge in [0.05, 0.1) is 25.8 Å². The maximum absolute atomic E-state index is 13.3. The first-order valence-electron chi connectivity index (χ1n) is 10.2. The van der Waals surface area contributed by atoms with Crippen molar-refractivity contribution in [2.45, 2.75) is 39.3 Å². The Morgan fingerprint density at radius 3 is 2.78 bits per heavy atom. The lowest BCUT2D eigenvalue weighted by molar-refractivity contribution is -0.119. The fourth-order valence-electron chi connectivity index (χ4n) is 3.17. The van der Waals surface area contributed by atoms with Gasteiger partial charge in [-0.25, -0.2) is 9.18 Å². The zero-order valence-corrected chi connectivity index (χ0v) is 17.7. The molecule has 170 valence electrons. The number of rotatable bonds is 10. The Labute approximate surface area is 183 Å². The zero-order valence-electron chi connectivity index (χ0n) is 17.7. The first-order valence-corrected chi connectivity index (χ1v) is 10.2. The van der Waals surface area contributed by atoms with E-state index in [1.165, 1.54) is 33.9 Å². The Hall–Kier alpha value is -3.82. The van der Waals surface area contributed by atoms with Crippen LogP contribution in [0, 0.1) is 5.82 Å². The topological polar surface area (TPSA) is 124 Å². The van der Waals surface area contributed by atoms with E-state index >= 15 is 0 Å². The third kappa shape index (κ3) is 5.45. The molecule has 2 heterocycles. The van der Waals surface area contributed by atoms with Gasteiger partial charge in [-0.1, -0.05) is 19.4 Å². The number of carbonyl (C=O) groups excluding carboxylic acids is 1. The fourth-order valence-corrected chi connectivity index (χ4v) is 3.17. The van der Waals surface area contributed by atoms with Crippen LogP contribution in [0.3, 0.4) is 0 Å². The molecule has 0 spiro atoms. The summed E-state index contributed by atoms with van der Waals surface area (Å²) < 4.78 is 25.3. The van der Waals surface area contributed by atoms with Crippen LogP contribution in [-0.4, -0.2) is 22.1 Å². The van der Waals surface area contributed by atoms with Crippen molar-refractivity contribution in [1.29, 1.82) is 0 Å². The predicted octanol–water partition coefficient (Wildman–Crippen LogP) is 2.65. The molecule has 0 atom stereocenters. The number of aromatic amines is 1. The van der Waals surface area contributed by atoms with E-state index in [0.29, 0.717) is 18.7 Å². The highest BCUT2D eigenvalue weighted by molar-refractivity contribution is 5.95. The van der Waals surface area contributed by atoms with E-state index in [1.807, 2.05) is 6.92 Å². The molecule has 32 heavy (non-hydrogen) atoms. The van der Waals surface area contributed by atoms with Gasteiger partial charge in [0, 0.05) is 12.6 Å². The van der Waals surface area contributed by atoms with E-state index in [1.54, 1.807) is 18.2 Å². The van der Waals surface area contributed by atoms with Gasteiger partial charge in [-0.2, -0.15) is 0 Å². The first kappa shape index (κ1) is 22.9. The van der Waals surface area contributed by atoms with Crippen LogP contribution in [0.25, 0.3) is 0 Å². The van der Waals surface area contributed by atoms with Crippen LogP contribution in [0.15, 0.2) is 56.7 Å². The second-order valence-electron chi connectivity index (χ2n) is 7.11. The number of nitrogens with two attached hydrogens (primary N) is 1. The molecular weight excluding hydrogens is 419 g/mol. The second kappa shape index (κ2) is 10.5. The lowest BCUT2D eigenvalue weighted by Crippen LogP contribution is -2.41. The Bertz CT molecular complexity index is 1170. The molecule has 0 bridgehead atoms. The molecule has 2 aromatic heterocycles. The van der Waals surface area contributed by atoms with E-state index in [0.717, 1.165) is 6.42 Å². The largest absolute Gasteiger partial charge is 0.493 e. The van der Waals surface area contributed by atoms with Gasteiger partial charge in [-0.3, -0.25) is 24.0 Å². The van der Waals surface area contributed by atoms with Gasteiger partial charge in [-0.15, -0.1) is 0 Å². The van der Waals surface area contributed by atoms with Gasteiger partial charge in [0.15, 0.2) is 5.69 Å². The molecule has 0 radical (unpaired) electrons. The van der Waals surface area contributed by atoms with Gasteiger partial charge in [0.2, 0.25) is 5.91 Å². The SMILES string of the molecule is CCCCn1c(N)c(N(Cc2ccco2)C(=O)CCOc2cccc(F)c2)c(=O)[nH]c1=O. The van der Waals surface area contributed by atoms with Gasteiger partial charge < -0.3 is 14.9 Å². The molecule has 0 aliphatic carbocycles. The standard InChI is InChI=1S/C22H25FN4O5/c1-2-3-10-26-20(24)19(21(29)25-22(26)30)27(14-17-8-5-11-31-17)18(28)9-12-32-16-7-4-6-15(23)13-16/h4-8,11,13H,2-3,9-10,12,14,24H2,1H3,(H,25,29,30). The van der Waals surface area contributed by atoms with Crippen molar-refractivity contribution in [1.82, 2.24) is 9.55 Å². The molecule has 3 N–H and O–H groups in total. The summed E-state index contributed by atoms with van der Waals surface area (Å²) in [6.07, 6.45) is 2.81. The van der Waals surface area contributed by atoms with Crippen molar-refractivity contribution in [2.24, 2.45) is 0 Å². The Balaban J connectivity index is 1.88. The number of amides is 1. The smallest absolute Gasteiger partial charge is 0.330 e. The summed E-state index contributed by atoms with van der Waals surface area (Å²) in [6, 6.07) is 8.86. The summed E-state index contributed by atoms with van der Waals surface area (Å²) in [6.45, 7) is 2.14. The number of ether oxygens (including phenoxy) is 1. The number of carbonyl (C=O) groups is 1. The Kier molecular flexibility index (Phi) is 7.48. The molecule has 0 aliphatic heterocycles. The van der Waals surface area contributed by atoms with Crippen molar-refractivity contribution in [3.63, 3.8) is 0 Å². The molecule has 3 aromatic rings. The number of benzene rings is 1. The van der Waals surface area contributed by atoms with Crippen molar-refractivity contribution in [3.05, 3.63) is 75.1 Å². The maximum atomic E-state index is 13.3. The van der Waals surface area contributed by atoms with E-state index < -0.39 is 23.0 Å². The molecule has 1 amide bonds. The van der Waals surface area contributed by atoms with Crippen LogP contribution in [0.5, 0.6) is 5.75 Å². The molecule has 0 aliphatic rings. The van der Waals surface area contributed by atoms with Crippen LogP contribution < -0.4 is 26.6 Å². The average molecular weight is 444 g/mol. The molecule has 1 aromatic carbocycles. The second-order valence-corrected chi connectivity index (χ2v) is 7.11. The lowest BCUT2D eigenvalue weighted by atomic mass is 10.2. The van der Waals surface area contributed by atoms with Crippen molar-refractivity contribution < 1.29 is 18.3 Å². The average Bonchev–Trinajstić information content (AvgIpc) is 3.26. The normalized spacial score (nSPS) is 10.8. The van der Waals surface area contributed by atoms with E-state index in [-0.39, 0.29) is 36.8 Å². The lowest BCUT2D eigenvalue weighted by Gasteiger charge is -2.24. The fraction of sp³-hybridized carbons (Fsp3) is 0.318. The van der Waals surface area contributed by atoms with Gasteiger partial charge in [0.25, 0.3) is 5.56 Å². The zero-order chi connectivity index (χ0) is 23.1. The number of anilines is 2. The van der Waals surface area contributed by atoms with Crippen LogP contribution in [0.4, 0.5) is 15.9 Å². The monoisotopic (exact) mass is 444 g/mol. The van der Waals surface area contributed by atoms with Crippen LogP contribution in [0.2, 0.25) is 0 Å². The van der Waals surface area contributed by atoms with E-state index in [2.05, 4.69) is 4.98 Å². The van der Waals surface area contributed by atoms with Crippen LogP contribution in [0.1, 0.15) is 31.9 Å². The van der Waals surface area contributed by atoms with E-state index in [4.69, 9.17) is 14.9 Å². The van der Waals surface area contributed by atoms with Gasteiger partial charge in [0.1, 0.15) is 23.1 Å². The highest BCUT2D eigenvalue weighted by Gasteiger charge is 2.25. The molecular formula is C22H25FN4O5. The number of halogens is 1. The molecule has 10 heteroatoms. The quantitative estimate of drug-likeness (QED) is 0.496. The van der Waals surface area contributed by atoms with Crippen LogP contribution in [-0.2, 0) is 17.9 Å². The molecule has 3 rings (SSSR count). The third-order valence-electron chi connectivity index (χ3n) is 4.80. The third-order valence-corrected chi connectivity index (χ3v) is 4.80. The highest BCUT2D eigenvalue weighted by Crippen LogP contribution is 2.21. The van der Waals surface area contributed by atoms with Gasteiger partial charge in [-0.05, 0) is 30.7 Å². The minimum atomic E-state index is -0.772. The number of nitrogens with one attached hydrogen (secondary N) is 1. The summed E-state index contributed by atoms with van der Waals surface area (Å²) >= 11 is 0. The number of unbranched alkanes of at least 4 members (excludes halogenated alkanes) is 1. The molecule has 0 fully saturated rings. The minimum absolute atomic E-state index is 0.0514. The first-order chi connectivity index (χ1) is 15.4. The molecule has 0 saturated carbocycles. The number of hydrogen-bond donors (Lipinski definition) is 2. The molecule has 0 saturated heterocycles. The Morgan fingerprint density at radius 2 is 2.09 bits per heavy atom. The summed E-state index contributed by atoms with van der Waals surface area (Å²) in [4.78, 5) is 41.4. The van der Waals surface area contributed by atoms with Crippen molar-refractivity contribution in [3.8, 4) is 5.75 Å². The molecule has 9 nitrogen and oxygen atoms in total. The number of H-pyrrole nitrogens is 1. The maximum Gasteiger partial charge on any atom is 0.330 e. The summed E-state index contributed by atoms with van der Waals surface area (Å²) in [5.41, 5.74) is 4.64. The highest BCUT2D eigenvalue weighted by atomic mass is 19.1. The minimum Gasteiger partial charge on any atom is -0.493 e. The predicted molar refractivity (Wildman–Crippen MR) is 117 cm³/mol.